The van der Waals surface area contributed by atoms with Gasteiger partial charge in [-0.25, -0.2) is 0 Å². The molecule has 0 bridgehead atoms. The third-order valence-corrected chi connectivity index (χ3v) is 4.90. The SMILES string of the molecule is Cc1ccc(-c2cn[nH]c2C2CCCN(Cc3ccn[nH]3)C2)cc1. The van der Waals surface area contributed by atoms with Gasteiger partial charge < -0.3 is 0 Å². The zero-order valence-electron chi connectivity index (χ0n) is 14.0. The smallest absolute Gasteiger partial charge is 0.0568 e. The van der Waals surface area contributed by atoms with Crippen LogP contribution in [0.2, 0.25) is 0 Å². The molecule has 3 heterocycles. The van der Waals surface area contributed by atoms with Crippen molar-refractivity contribution in [1.29, 1.82) is 0 Å². The van der Waals surface area contributed by atoms with Crippen LogP contribution in [0.25, 0.3) is 11.1 Å². The Balaban J connectivity index is 1.53. The molecule has 1 unspecified atom stereocenters. The highest BCUT2D eigenvalue weighted by Crippen LogP contribution is 2.33. The molecule has 1 saturated heterocycles. The normalized spacial score (nSPS) is 18.8. The largest absolute Gasteiger partial charge is 0.297 e. The molecular weight excluding hydrogens is 298 g/mol. The van der Waals surface area contributed by atoms with Crippen LogP contribution >= 0.6 is 0 Å². The number of aromatic amines is 2. The predicted octanol–water partition coefficient (Wildman–Crippen LogP) is 3.49. The van der Waals surface area contributed by atoms with E-state index in [2.05, 4.69) is 62.6 Å². The van der Waals surface area contributed by atoms with Crippen molar-refractivity contribution in [1.82, 2.24) is 25.3 Å². The average Bonchev–Trinajstić information content (AvgIpc) is 3.27. The zero-order valence-corrected chi connectivity index (χ0v) is 14.0. The first kappa shape index (κ1) is 15.1. The van der Waals surface area contributed by atoms with Gasteiger partial charge in [-0.05, 0) is 37.9 Å². The number of nitrogens with one attached hydrogen (secondary N) is 2. The molecule has 5 nitrogen and oxygen atoms in total. The number of aryl methyl sites for hydroxylation is 1. The van der Waals surface area contributed by atoms with Crippen LogP contribution in [0, 0.1) is 6.92 Å². The minimum atomic E-state index is 0.500. The molecule has 5 heteroatoms. The standard InChI is InChI=1S/C19H23N5/c1-14-4-6-15(7-5-14)18-11-21-23-19(18)16-3-2-10-24(12-16)13-17-8-9-20-22-17/h4-9,11,16H,2-3,10,12-13H2,1H3,(H,20,22)(H,21,23). The third kappa shape index (κ3) is 3.12. The van der Waals surface area contributed by atoms with E-state index in [-0.39, 0.29) is 0 Å². The van der Waals surface area contributed by atoms with Gasteiger partial charge in [0, 0.05) is 42.2 Å². The fraction of sp³-hybridized carbons (Fsp3) is 0.368. The molecule has 0 saturated carbocycles. The van der Waals surface area contributed by atoms with E-state index in [0.29, 0.717) is 5.92 Å². The molecule has 4 rings (SSSR count). The summed E-state index contributed by atoms with van der Waals surface area (Å²) in [6, 6.07) is 10.8. The van der Waals surface area contributed by atoms with Crippen LogP contribution in [-0.4, -0.2) is 38.4 Å². The molecule has 0 amide bonds. The number of H-pyrrole nitrogens is 2. The first-order chi connectivity index (χ1) is 11.8. The third-order valence-electron chi connectivity index (χ3n) is 4.90. The lowest BCUT2D eigenvalue weighted by molar-refractivity contribution is 0.196. The topological polar surface area (TPSA) is 60.6 Å². The van der Waals surface area contributed by atoms with Crippen molar-refractivity contribution in [2.45, 2.75) is 32.2 Å². The van der Waals surface area contributed by atoms with E-state index < -0.39 is 0 Å². The molecule has 1 aliphatic heterocycles. The second-order valence-electron chi connectivity index (χ2n) is 6.72. The van der Waals surface area contributed by atoms with Crippen molar-refractivity contribution in [2.75, 3.05) is 13.1 Å². The van der Waals surface area contributed by atoms with Gasteiger partial charge in [0.2, 0.25) is 0 Å². The Kier molecular flexibility index (Phi) is 4.17. The van der Waals surface area contributed by atoms with Crippen molar-refractivity contribution in [3.8, 4) is 11.1 Å². The first-order valence-electron chi connectivity index (χ1n) is 8.60. The van der Waals surface area contributed by atoms with Gasteiger partial charge in [-0.1, -0.05) is 29.8 Å². The maximum atomic E-state index is 4.34. The second-order valence-corrected chi connectivity index (χ2v) is 6.72. The second kappa shape index (κ2) is 6.61. The Hall–Kier alpha value is -2.40. The lowest BCUT2D eigenvalue weighted by atomic mass is 9.90. The van der Waals surface area contributed by atoms with Gasteiger partial charge in [-0.2, -0.15) is 10.2 Å². The molecule has 1 atom stereocenters. The summed E-state index contributed by atoms with van der Waals surface area (Å²) >= 11 is 0. The Morgan fingerprint density at radius 2 is 2.00 bits per heavy atom. The van der Waals surface area contributed by atoms with Crippen molar-refractivity contribution in [3.05, 3.63) is 59.7 Å². The molecule has 1 fully saturated rings. The van der Waals surface area contributed by atoms with Crippen molar-refractivity contribution >= 4 is 0 Å². The molecule has 0 radical (unpaired) electrons. The molecule has 2 N–H and O–H groups in total. The van der Waals surface area contributed by atoms with Gasteiger partial charge in [-0.15, -0.1) is 0 Å². The van der Waals surface area contributed by atoms with Crippen LogP contribution in [0.4, 0.5) is 0 Å². The highest BCUT2D eigenvalue weighted by Gasteiger charge is 2.25. The van der Waals surface area contributed by atoms with Crippen molar-refractivity contribution < 1.29 is 0 Å². The molecule has 0 spiro atoms. The van der Waals surface area contributed by atoms with Crippen molar-refractivity contribution in [2.24, 2.45) is 0 Å². The maximum Gasteiger partial charge on any atom is 0.0568 e. The summed E-state index contributed by atoms with van der Waals surface area (Å²) in [6.45, 7) is 5.25. The molecule has 1 aliphatic rings. The van der Waals surface area contributed by atoms with Crippen LogP contribution in [0.1, 0.15) is 35.7 Å². The highest BCUT2D eigenvalue weighted by molar-refractivity contribution is 5.66. The quantitative estimate of drug-likeness (QED) is 0.773. The first-order valence-corrected chi connectivity index (χ1v) is 8.60. The number of rotatable bonds is 4. The molecule has 1 aromatic carbocycles. The minimum absolute atomic E-state index is 0.500. The molecule has 24 heavy (non-hydrogen) atoms. The summed E-state index contributed by atoms with van der Waals surface area (Å²) < 4.78 is 0. The van der Waals surface area contributed by atoms with E-state index in [0.717, 1.165) is 19.6 Å². The van der Waals surface area contributed by atoms with Crippen LogP contribution in [-0.2, 0) is 6.54 Å². The lowest BCUT2D eigenvalue weighted by Crippen LogP contribution is -2.34. The lowest BCUT2D eigenvalue weighted by Gasteiger charge is -2.32. The van der Waals surface area contributed by atoms with Gasteiger partial charge >= 0.3 is 0 Å². The number of hydrogen-bond donors (Lipinski definition) is 2. The van der Waals surface area contributed by atoms with Crippen molar-refractivity contribution in [3.63, 3.8) is 0 Å². The van der Waals surface area contributed by atoms with Gasteiger partial charge in [0.25, 0.3) is 0 Å². The number of benzene rings is 1. The molecule has 124 valence electrons. The Morgan fingerprint density at radius 3 is 2.79 bits per heavy atom. The summed E-state index contributed by atoms with van der Waals surface area (Å²) in [5.41, 5.74) is 6.22. The molecule has 0 aliphatic carbocycles. The fourth-order valence-electron chi connectivity index (χ4n) is 3.62. The minimum Gasteiger partial charge on any atom is -0.297 e. The van der Waals surface area contributed by atoms with Gasteiger partial charge in [0.05, 0.1) is 6.20 Å². The fourth-order valence-corrected chi connectivity index (χ4v) is 3.62. The maximum absolute atomic E-state index is 4.34. The highest BCUT2D eigenvalue weighted by atomic mass is 15.2. The van der Waals surface area contributed by atoms with Crippen LogP contribution in [0.15, 0.2) is 42.7 Å². The number of aromatic nitrogens is 4. The number of nitrogens with zero attached hydrogens (tertiary/aromatic N) is 3. The van der Waals surface area contributed by atoms with Gasteiger partial charge in [-0.3, -0.25) is 15.1 Å². The van der Waals surface area contributed by atoms with E-state index in [1.807, 2.05) is 12.4 Å². The Bertz CT molecular complexity index is 772. The summed E-state index contributed by atoms with van der Waals surface area (Å²) in [5, 5.41) is 14.7. The van der Waals surface area contributed by atoms with E-state index in [4.69, 9.17) is 0 Å². The van der Waals surface area contributed by atoms with Crippen LogP contribution in [0.5, 0.6) is 0 Å². The number of likely N-dealkylation sites (tertiary alicyclic amines) is 1. The predicted molar refractivity (Wildman–Crippen MR) is 94.6 cm³/mol. The monoisotopic (exact) mass is 321 g/mol. The Labute approximate surface area is 142 Å². The molecular formula is C19H23N5. The number of hydrogen-bond acceptors (Lipinski definition) is 3. The van der Waals surface area contributed by atoms with Gasteiger partial charge in [0.1, 0.15) is 0 Å². The van der Waals surface area contributed by atoms with Crippen LogP contribution < -0.4 is 0 Å². The molecule has 2 aromatic heterocycles. The summed E-state index contributed by atoms with van der Waals surface area (Å²) in [6.07, 6.45) is 6.21. The van der Waals surface area contributed by atoms with Crippen LogP contribution in [0.3, 0.4) is 0 Å². The van der Waals surface area contributed by atoms with Gasteiger partial charge in [0.15, 0.2) is 0 Å². The summed E-state index contributed by atoms with van der Waals surface area (Å²) in [5.74, 6) is 0.500. The number of piperidine rings is 1. The summed E-state index contributed by atoms with van der Waals surface area (Å²) in [4.78, 5) is 2.50. The molecule has 3 aromatic rings. The van der Waals surface area contributed by atoms with E-state index in [1.165, 1.54) is 40.9 Å². The zero-order chi connectivity index (χ0) is 16.4. The average molecular weight is 321 g/mol. The van der Waals surface area contributed by atoms with E-state index in [1.54, 1.807) is 0 Å². The Morgan fingerprint density at radius 1 is 1.12 bits per heavy atom. The van der Waals surface area contributed by atoms with E-state index in [9.17, 15) is 0 Å². The van der Waals surface area contributed by atoms with E-state index >= 15 is 0 Å². The summed E-state index contributed by atoms with van der Waals surface area (Å²) in [7, 11) is 0.